The smallest absolute Gasteiger partial charge is 0.321 e. The Morgan fingerprint density at radius 3 is 2.62 bits per heavy atom. The van der Waals surface area contributed by atoms with E-state index in [-0.39, 0.29) is 0 Å². The Labute approximate surface area is 195 Å². The third-order valence-corrected chi connectivity index (χ3v) is 5.71. The summed E-state index contributed by atoms with van der Waals surface area (Å²) in [6, 6.07) is 19.8. The highest BCUT2D eigenvalue weighted by atomic mass is 35.5. The molecule has 5 nitrogen and oxygen atoms in total. The first-order chi connectivity index (χ1) is 15.5. The number of hydrogen-bond acceptors (Lipinski definition) is 3. The normalized spacial score (nSPS) is 12.1. The number of hydrogen-bond donors (Lipinski definition) is 3. The predicted molar refractivity (Wildman–Crippen MR) is 128 cm³/mol. The van der Waals surface area contributed by atoms with Crippen LogP contribution >= 0.6 is 23.2 Å². The van der Waals surface area contributed by atoms with Crippen LogP contribution in [0.4, 0.5) is 0 Å². The van der Waals surface area contributed by atoms with Gasteiger partial charge in [0.15, 0.2) is 0 Å². The van der Waals surface area contributed by atoms with Gasteiger partial charge in [0.1, 0.15) is 18.4 Å². The van der Waals surface area contributed by atoms with Gasteiger partial charge in [-0.15, -0.1) is 0 Å². The lowest BCUT2D eigenvalue weighted by molar-refractivity contribution is -0.139. The fraction of sp³-hybridized carbons (Fsp3) is 0.160. The Bertz CT molecular complexity index is 1240. The Morgan fingerprint density at radius 2 is 1.81 bits per heavy atom. The minimum atomic E-state index is -0.918. The molecule has 164 valence electrons. The number of rotatable bonds is 9. The molecule has 0 bridgehead atoms. The molecular weight excluding hydrogens is 447 g/mol. The number of benzene rings is 3. The number of H-pyrrole nitrogens is 1. The van der Waals surface area contributed by atoms with E-state index < -0.39 is 12.0 Å². The minimum Gasteiger partial charge on any atom is -0.489 e. The molecule has 0 aliphatic carbocycles. The van der Waals surface area contributed by atoms with E-state index in [0.29, 0.717) is 35.4 Å². The van der Waals surface area contributed by atoms with Gasteiger partial charge in [0.2, 0.25) is 0 Å². The molecule has 0 aliphatic heterocycles. The summed E-state index contributed by atoms with van der Waals surface area (Å²) >= 11 is 12.2. The van der Waals surface area contributed by atoms with Crippen molar-refractivity contribution in [2.75, 3.05) is 0 Å². The number of carboxylic acids is 1. The fourth-order valence-electron chi connectivity index (χ4n) is 3.62. The van der Waals surface area contributed by atoms with E-state index >= 15 is 0 Å². The molecule has 0 amide bonds. The van der Waals surface area contributed by atoms with Gasteiger partial charge in [-0.3, -0.25) is 10.1 Å². The Morgan fingerprint density at radius 1 is 1.00 bits per heavy atom. The molecular formula is C25H22Cl2N2O3. The van der Waals surface area contributed by atoms with E-state index in [4.69, 9.17) is 27.9 Å². The van der Waals surface area contributed by atoms with Gasteiger partial charge in [0.25, 0.3) is 0 Å². The van der Waals surface area contributed by atoms with Crippen LogP contribution in [0.15, 0.2) is 72.9 Å². The Balaban J connectivity index is 1.47. The molecule has 3 N–H and O–H groups in total. The van der Waals surface area contributed by atoms with Gasteiger partial charge in [0.05, 0.1) is 0 Å². The average molecular weight is 469 g/mol. The van der Waals surface area contributed by atoms with Crippen LogP contribution in [0.25, 0.3) is 10.9 Å². The lowest BCUT2D eigenvalue weighted by Crippen LogP contribution is -2.38. The number of halogens is 2. The van der Waals surface area contributed by atoms with Crippen molar-refractivity contribution < 1.29 is 14.6 Å². The highest BCUT2D eigenvalue weighted by Gasteiger charge is 2.20. The van der Waals surface area contributed by atoms with E-state index in [1.54, 1.807) is 18.2 Å². The summed E-state index contributed by atoms with van der Waals surface area (Å²) in [6.45, 7) is 0.637. The van der Waals surface area contributed by atoms with Crippen molar-refractivity contribution in [3.05, 3.63) is 99.7 Å². The zero-order valence-corrected chi connectivity index (χ0v) is 18.7. The molecule has 4 aromatic rings. The maximum absolute atomic E-state index is 11.9. The maximum atomic E-state index is 11.9. The number of fused-ring (bicyclic) bond motifs is 1. The van der Waals surface area contributed by atoms with Crippen LogP contribution in [0, 0.1) is 0 Å². The summed E-state index contributed by atoms with van der Waals surface area (Å²) in [4.78, 5) is 15.1. The van der Waals surface area contributed by atoms with Crippen LogP contribution in [-0.2, 0) is 24.4 Å². The Hall–Kier alpha value is -2.99. The number of aromatic amines is 1. The highest BCUT2D eigenvalue weighted by Crippen LogP contribution is 2.25. The molecule has 0 saturated heterocycles. The van der Waals surface area contributed by atoms with Gasteiger partial charge in [-0.1, -0.05) is 53.5 Å². The first-order valence-electron chi connectivity index (χ1n) is 10.2. The predicted octanol–water partition coefficient (Wildman–Crippen LogP) is 5.84. The third-order valence-electron chi connectivity index (χ3n) is 5.24. The summed E-state index contributed by atoms with van der Waals surface area (Å²) in [5.41, 5.74) is 3.65. The first kappa shape index (κ1) is 22.2. The molecule has 1 aromatic heterocycles. The molecule has 1 unspecified atom stereocenters. The molecule has 0 radical (unpaired) electrons. The van der Waals surface area contributed by atoms with Gasteiger partial charge in [0, 0.05) is 45.7 Å². The number of carbonyl (C=O) groups is 1. The second kappa shape index (κ2) is 10.1. The van der Waals surface area contributed by atoms with Gasteiger partial charge in [-0.2, -0.15) is 0 Å². The molecule has 0 aliphatic rings. The van der Waals surface area contributed by atoms with E-state index in [0.717, 1.165) is 27.6 Å². The quantitative estimate of drug-likeness (QED) is 0.288. The molecule has 0 saturated carbocycles. The third kappa shape index (κ3) is 5.43. The fourth-order valence-corrected chi connectivity index (χ4v) is 4.02. The standard InChI is InChI=1S/C25H22Cl2N2O3/c26-19-5-3-4-16(10-19)15-32-24-9-8-20(27)11-18(24)14-29-23(25(30)31)12-17-13-28-22-7-2-1-6-21(17)22/h1-11,13,23,28-29H,12,14-15H2,(H,30,31). The number of para-hydroxylation sites is 1. The molecule has 32 heavy (non-hydrogen) atoms. The average Bonchev–Trinajstić information content (AvgIpc) is 3.18. The van der Waals surface area contributed by atoms with Crippen molar-refractivity contribution >= 4 is 40.1 Å². The summed E-state index contributed by atoms with van der Waals surface area (Å²) in [5, 5.41) is 15.1. The highest BCUT2D eigenvalue weighted by molar-refractivity contribution is 6.30. The van der Waals surface area contributed by atoms with Crippen molar-refractivity contribution in [1.29, 1.82) is 0 Å². The second-order valence-electron chi connectivity index (χ2n) is 7.51. The van der Waals surface area contributed by atoms with Crippen molar-refractivity contribution in [2.24, 2.45) is 0 Å². The molecule has 0 spiro atoms. The van der Waals surface area contributed by atoms with Crippen molar-refractivity contribution in [1.82, 2.24) is 10.3 Å². The first-order valence-corrected chi connectivity index (χ1v) is 10.9. The number of carboxylic acid groups (broad SMARTS) is 1. The van der Waals surface area contributed by atoms with Crippen LogP contribution in [0.2, 0.25) is 10.0 Å². The Kier molecular flexibility index (Phi) is 7.00. The zero-order chi connectivity index (χ0) is 22.5. The molecule has 7 heteroatoms. The summed E-state index contributed by atoms with van der Waals surface area (Å²) in [6.07, 6.45) is 2.21. The number of ether oxygens (including phenoxy) is 1. The van der Waals surface area contributed by atoms with Crippen LogP contribution < -0.4 is 10.1 Å². The van der Waals surface area contributed by atoms with Crippen molar-refractivity contribution in [3.8, 4) is 5.75 Å². The van der Waals surface area contributed by atoms with Crippen LogP contribution in [0.5, 0.6) is 5.75 Å². The van der Waals surface area contributed by atoms with E-state index in [1.165, 1.54) is 0 Å². The van der Waals surface area contributed by atoms with Gasteiger partial charge in [-0.25, -0.2) is 0 Å². The summed E-state index contributed by atoms with van der Waals surface area (Å²) in [5.74, 6) is -0.281. The maximum Gasteiger partial charge on any atom is 0.321 e. The lowest BCUT2D eigenvalue weighted by atomic mass is 10.0. The monoisotopic (exact) mass is 468 g/mol. The summed E-state index contributed by atoms with van der Waals surface area (Å²) in [7, 11) is 0. The molecule has 3 aromatic carbocycles. The van der Waals surface area contributed by atoms with Gasteiger partial charge >= 0.3 is 5.97 Å². The van der Waals surface area contributed by atoms with Crippen LogP contribution in [0.1, 0.15) is 16.7 Å². The van der Waals surface area contributed by atoms with Crippen LogP contribution in [-0.4, -0.2) is 22.1 Å². The SMILES string of the molecule is O=C(O)C(Cc1c[nH]c2ccccc12)NCc1cc(Cl)ccc1OCc1cccc(Cl)c1. The van der Waals surface area contributed by atoms with Gasteiger partial charge < -0.3 is 14.8 Å². The zero-order valence-electron chi connectivity index (χ0n) is 17.1. The van der Waals surface area contributed by atoms with E-state index in [1.807, 2.05) is 54.7 Å². The summed E-state index contributed by atoms with van der Waals surface area (Å²) < 4.78 is 5.98. The molecule has 4 rings (SSSR count). The van der Waals surface area contributed by atoms with Crippen molar-refractivity contribution in [3.63, 3.8) is 0 Å². The largest absolute Gasteiger partial charge is 0.489 e. The number of aromatic nitrogens is 1. The topological polar surface area (TPSA) is 74.3 Å². The second-order valence-corrected chi connectivity index (χ2v) is 8.38. The number of nitrogens with one attached hydrogen (secondary N) is 2. The van der Waals surface area contributed by atoms with E-state index in [9.17, 15) is 9.90 Å². The molecule has 1 heterocycles. The van der Waals surface area contributed by atoms with Crippen molar-refractivity contribution in [2.45, 2.75) is 25.6 Å². The molecule has 1 atom stereocenters. The molecule has 0 fully saturated rings. The van der Waals surface area contributed by atoms with Crippen LogP contribution in [0.3, 0.4) is 0 Å². The lowest BCUT2D eigenvalue weighted by Gasteiger charge is -2.17. The minimum absolute atomic E-state index is 0.296. The van der Waals surface area contributed by atoms with E-state index in [2.05, 4.69) is 10.3 Å². The number of aliphatic carboxylic acids is 1. The van der Waals surface area contributed by atoms with Gasteiger partial charge in [-0.05, 0) is 47.5 Å².